The van der Waals surface area contributed by atoms with Gasteiger partial charge in [-0.25, -0.2) is 4.98 Å². The number of carbonyl (C=O) groups excluding carboxylic acids is 1. The Morgan fingerprint density at radius 1 is 1.65 bits per heavy atom. The van der Waals surface area contributed by atoms with Gasteiger partial charge in [0.15, 0.2) is 5.78 Å². The van der Waals surface area contributed by atoms with Gasteiger partial charge in [-0.2, -0.15) is 11.8 Å². The van der Waals surface area contributed by atoms with E-state index in [1.54, 1.807) is 6.20 Å². The third kappa shape index (κ3) is 2.90. The number of hydrogen-bond donors (Lipinski definition) is 0. The number of carbonyl (C=O) groups is 1. The Hall–Kier alpha value is -0.810. The van der Waals surface area contributed by atoms with E-state index >= 15 is 0 Å². The molecular formula is C12H19N3OS. The molecule has 0 aliphatic carbocycles. The van der Waals surface area contributed by atoms with Gasteiger partial charge in [-0.05, 0) is 14.0 Å². The number of imidazole rings is 1. The predicted molar refractivity (Wildman–Crippen MR) is 70.4 cm³/mol. The lowest BCUT2D eigenvalue weighted by atomic mass is 10.1. The van der Waals surface area contributed by atoms with Gasteiger partial charge in [-0.15, -0.1) is 0 Å². The summed E-state index contributed by atoms with van der Waals surface area (Å²) in [6.07, 6.45) is 4.16. The summed E-state index contributed by atoms with van der Waals surface area (Å²) in [4.78, 5) is 18.7. The van der Waals surface area contributed by atoms with E-state index in [0.29, 0.717) is 12.2 Å². The molecule has 1 aromatic rings. The quantitative estimate of drug-likeness (QED) is 0.804. The summed E-state index contributed by atoms with van der Waals surface area (Å²) in [6, 6.07) is 0.0655. The Labute approximate surface area is 106 Å². The molecule has 2 rings (SSSR count). The Balaban J connectivity index is 2.01. The van der Waals surface area contributed by atoms with Gasteiger partial charge in [0, 0.05) is 37.0 Å². The second-order valence-electron chi connectivity index (χ2n) is 4.34. The predicted octanol–water partition coefficient (Wildman–Crippen LogP) is 1.06. The van der Waals surface area contributed by atoms with Gasteiger partial charge in [0.2, 0.25) is 0 Å². The monoisotopic (exact) mass is 253 g/mol. The minimum Gasteiger partial charge on any atom is -0.335 e. The largest absolute Gasteiger partial charge is 0.335 e. The van der Waals surface area contributed by atoms with Gasteiger partial charge < -0.3 is 4.57 Å². The summed E-state index contributed by atoms with van der Waals surface area (Å²) in [5, 5.41) is 0. The van der Waals surface area contributed by atoms with E-state index in [4.69, 9.17) is 0 Å². The second kappa shape index (κ2) is 5.69. The first kappa shape index (κ1) is 12.6. The number of ketones is 1. The van der Waals surface area contributed by atoms with E-state index < -0.39 is 0 Å². The molecule has 5 heteroatoms. The van der Waals surface area contributed by atoms with Crippen molar-refractivity contribution in [2.24, 2.45) is 0 Å². The Kier molecular flexibility index (Phi) is 4.23. The lowest BCUT2D eigenvalue weighted by Crippen LogP contribution is -2.45. The zero-order valence-electron chi connectivity index (χ0n) is 10.4. The number of aryl methyl sites for hydroxylation is 1. The average molecular weight is 253 g/mol. The molecule has 0 radical (unpaired) electrons. The van der Waals surface area contributed by atoms with Crippen molar-refractivity contribution in [1.82, 2.24) is 14.5 Å². The summed E-state index contributed by atoms with van der Waals surface area (Å²) in [6.45, 7) is 3.94. The molecule has 1 saturated heterocycles. The van der Waals surface area contributed by atoms with Crippen molar-refractivity contribution >= 4 is 17.5 Å². The van der Waals surface area contributed by atoms with Crippen LogP contribution in [0, 0.1) is 0 Å². The molecule has 1 aliphatic rings. The highest BCUT2D eigenvalue weighted by Crippen LogP contribution is 2.16. The summed E-state index contributed by atoms with van der Waals surface area (Å²) >= 11 is 1.87. The summed E-state index contributed by atoms with van der Waals surface area (Å²) in [5.41, 5.74) is 0. The van der Waals surface area contributed by atoms with Crippen LogP contribution < -0.4 is 0 Å². The molecule has 0 bridgehead atoms. The maximum atomic E-state index is 12.2. The lowest BCUT2D eigenvalue weighted by molar-refractivity contribution is -0.122. The van der Waals surface area contributed by atoms with Gasteiger partial charge in [0.05, 0.1) is 12.5 Å². The first-order valence-corrected chi connectivity index (χ1v) is 7.18. The first-order chi connectivity index (χ1) is 8.22. The number of hydrogen-bond acceptors (Lipinski definition) is 4. The fraction of sp³-hybridized carbons (Fsp3) is 0.667. The molecule has 17 heavy (non-hydrogen) atoms. The van der Waals surface area contributed by atoms with Crippen LogP contribution in [0.25, 0.3) is 0 Å². The summed E-state index contributed by atoms with van der Waals surface area (Å²) < 4.78 is 2.04. The van der Waals surface area contributed by atoms with Crippen molar-refractivity contribution in [3.8, 4) is 0 Å². The summed E-state index contributed by atoms with van der Waals surface area (Å²) in [5.74, 6) is 3.23. The Morgan fingerprint density at radius 2 is 2.47 bits per heavy atom. The summed E-state index contributed by atoms with van der Waals surface area (Å²) in [7, 11) is 2.04. The van der Waals surface area contributed by atoms with E-state index in [2.05, 4.69) is 16.8 Å². The zero-order chi connectivity index (χ0) is 12.3. The molecule has 0 saturated carbocycles. The van der Waals surface area contributed by atoms with E-state index in [-0.39, 0.29) is 6.04 Å². The lowest BCUT2D eigenvalue weighted by Gasteiger charge is -2.30. The molecule has 4 nitrogen and oxygen atoms in total. The molecule has 1 aliphatic heterocycles. The second-order valence-corrected chi connectivity index (χ2v) is 5.49. The Morgan fingerprint density at radius 3 is 3.18 bits per heavy atom. The van der Waals surface area contributed by atoms with Crippen molar-refractivity contribution in [2.45, 2.75) is 25.9 Å². The standard InChI is InChI=1S/C12H19N3OS/c1-3-15-5-4-13-12(15)8-11(16)10-9-17-7-6-14(10)2/h4-5,10H,3,6-9H2,1-2H3. The zero-order valence-corrected chi connectivity index (χ0v) is 11.2. The maximum absolute atomic E-state index is 12.2. The van der Waals surface area contributed by atoms with E-state index in [1.165, 1.54) is 0 Å². The van der Waals surface area contributed by atoms with Crippen LogP contribution in [-0.2, 0) is 17.8 Å². The van der Waals surface area contributed by atoms with Gasteiger partial charge >= 0.3 is 0 Å². The van der Waals surface area contributed by atoms with Crippen LogP contribution in [0.4, 0.5) is 0 Å². The molecule has 1 fully saturated rings. The molecule has 1 atom stereocenters. The molecule has 1 unspecified atom stereocenters. The third-order valence-electron chi connectivity index (χ3n) is 3.24. The fourth-order valence-electron chi connectivity index (χ4n) is 2.09. The minimum absolute atomic E-state index is 0.0655. The number of rotatable bonds is 4. The van der Waals surface area contributed by atoms with E-state index in [0.717, 1.165) is 30.4 Å². The number of likely N-dealkylation sites (N-methyl/N-ethyl adjacent to an activating group) is 1. The molecule has 94 valence electrons. The normalized spacial score (nSPS) is 21.6. The van der Waals surface area contributed by atoms with E-state index in [1.807, 2.05) is 29.6 Å². The van der Waals surface area contributed by atoms with Gasteiger partial charge in [0.1, 0.15) is 5.82 Å². The van der Waals surface area contributed by atoms with Crippen LogP contribution >= 0.6 is 11.8 Å². The molecule has 0 N–H and O–H groups in total. The van der Waals surface area contributed by atoms with Gasteiger partial charge in [0.25, 0.3) is 0 Å². The first-order valence-electron chi connectivity index (χ1n) is 6.03. The number of Topliss-reactive ketones (excluding diaryl/α,β-unsaturated/α-hetero) is 1. The van der Waals surface area contributed by atoms with Crippen LogP contribution in [0.15, 0.2) is 12.4 Å². The Bertz CT molecular complexity index is 391. The average Bonchev–Trinajstić information content (AvgIpc) is 2.76. The highest BCUT2D eigenvalue weighted by atomic mass is 32.2. The molecule has 1 aromatic heterocycles. The van der Waals surface area contributed by atoms with Crippen LogP contribution in [0.2, 0.25) is 0 Å². The highest BCUT2D eigenvalue weighted by Gasteiger charge is 2.26. The van der Waals surface area contributed by atoms with Crippen molar-refractivity contribution in [1.29, 1.82) is 0 Å². The molecule has 2 heterocycles. The SMILES string of the molecule is CCn1ccnc1CC(=O)C1CSCCN1C. The molecule has 0 spiro atoms. The van der Waals surface area contributed by atoms with E-state index in [9.17, 15) is 4.79 Å². The third-order valence-corrected chi connectivity index (χ3v) is 4.27. The van der Waals surface area contributed by atoms with Gasteiger partial charge in [-0.3, -0.25) is 9.69 Å². The van der Waals surface area contributed by atoms with Crippen LogP contribution in [0.5, 0.6) is 0 Å². The van der Waals surface area contributed by atoms with Crippen molar-refractivity contribution in [3.05, 3.63) is 18.2 Å². The smallest absolute Gasteiger partial charge is 0.158 e. The topological polar surface area (TPSA) is 38.1 Å². The number of aromatic nitrogens is 2. The van der Waals surface area contributed by atoms with Gasteiger partial charge in [-0.1, -0.05) is 0 Å². The van der Waals surface area contributed by atoms with Crippen molar-refractivity contribution < 1.29 is 4.79 Å². The van der Waals surface area contributed by atoms with Crippen LogP contribution in [0.1, 0.15) is 12.7 Å². The molecule has 0 amide bonds. The maximum Gasteiger partial charge on any atom is 0.158 e. The number of thioether (sulfide) groups is 1. The van der Waals surface area contributed by atoms with Crippen molar-refractivity contribution in [2.75, 3.05) is 25.1 Å². The van der Waals surface area contributed by atoms with Crippen LogP contribution in [-0.4, -0.2) is 51.4 Å². The highest BCUT2D eigenvalue weighted by molar-refractivity contribution is 7.99. The fourth-order valence-corrected chi connectivity index (χ4v) is 3.34. The van der Waals surface area contributed by atoms with Crippen LogP contribution in [0.3, 0.4) is 0 Å². The molecule has 0 aromatic carbocycles. The number of nitrogens with zero attached hydrogens (tertiary/aromatic N) is 3. The molecular weight excluding hydrogens is 234 g/mol. The van der Waals surface area contributed by atoms with Crippen molar-refractivity contribution in [3.63, 3.8) is 0 Å². The minimum atomic E-state index is 0.0655.